The van der Waals surface area contributed by atoms with Crippen molar-refractivity contribution in [1.29, 1.82) is 0 Å². The second-order valence-electron chi connectivity index (χ2n) is 14.9. The van der Waals surface area contributed by atoms with E-state index in [4.69, 9.17) is 15.7 Å². The van der Waals surface area contributed by atoms with E-state index >= 15 is 0 Å². The first kappa shape index (κ1) is 41.2. The fourth-order valence-corrected chi connectivity index (χ4v) is 7.44. The number of hydrogen-bond acceptors (Lipinski definition) is 9. The van der Waals surface area contributed by atoms with Gasteiger partial charge >= 0.3 is 11.8 Å². The molecule has 2 aliphatic rings. The number of nitrogens with zero attached hydrogens (tertiary/aromatic N) is 5. The number of nitro groups is 1. The number of nitrogens with two attached hydrogens (primary N) is 1. The fourth-order valence-electron chi connectivity index (χ4n) is 7.44. The minimum absolute atomic E-state index is 0.0529. The number of aromatic amines is 2. The topological polar surface area (TPSA) is 240 Å². The van der Waals surface area contributed by atoms with E-state index in [9.17, 15) is 29.6 Å². The van der Waals surface area contributed by atoms with Gasteiger partial charge in [-0.25, -0.2) is 19.5 Å². The van der Waals surface area contributed by atoms with Crippen molar-refractivity contribution in [2.75, 3.05) is 13.1 Å². The van der Waals surface area contributed by atoms with E-state index in [1.54, 1.807) is 6.92 Å². The zero-order chi connectivity index (χ0) is 41.7. The molecule has 4 aromatic rings. The number of nitrogens with one attached hydrogen (secondary N) is 4. The van der Waals surface area contributed by atoms with E-state index in [0.717, 1.165) is 72.6 Å². The summed E-state index contributed by atoms with van der Waals surface area (Å²) in [5.74, 6) is -1.33. The average molecular weight is 791 g/mol. The molecule has 6 heterocycles. The van der Waals surface area contributed by atoms with Gasteiger partial charge in [0.25, 0.3) is 0 Å². The summed E-state index contributed by atoms with van der Waals surface area (Å²) in [5.41, 5.74) is 17.6. The Morgan fingerprint density at radius 3 is 2.45 bits per heavy atom. The van der Waals surface area contributed by atoms with Crippen LogP contribution in [0.1, 0.15) is 97.7 Å². The minimum Gasteiger partial charge on any atom is -0.481 e. The van der Waals surface area contributed by atoms with Crippen LogP contribution in [0.5, 0.6) is 0 Å². The maximum atomic E-state index is 13.6. The molecule has 2 amide bonds. The summed E-state index contributed by atoms with van der Waals surface area (Å²) in [7, 11) is 0. The molecule has 304 valence electrons. The van der Waals surface area contributed by atoms with E-state index in [1.807, 2.05) is 58.0 Å². The molecule has 16 nitrogen and oxygen atoms in total. The number of H-pyrrole nitrogens is 2. The number of carboxylic acid groups (broad SMARTS) is 1. The third kappa shape index (κ3) is 9.40. The van der Waals surface area contributed by atoms with Crippen LogP contribution in [-0.4, -0.2) is 76.4 Å². The third-order valence-electron chi connectivity index (χ3n) is 10.7. The first-order valence-corrected chi connectivity index (χ1v) is 19.5. The summed E-state index contributed by atoms with van der Waals surface area (Å²) in [6, 6.07) is 9.12. The number of aliphatic carboxylic acids is 1. The Labute approximate surface area is 335 Å². The molecule has 0 spiro atoms. The van der Waals surface area contributed by atoms with Crippen LogP contribution in [0.2, 0.25) is 0 Å². The number of amides is 2. The van der Waals surface area contributed by atoms with Gasteiger partial charge in [-0.3, -0.25) is 14.4 Å². The van der Waals surface area contributed by atoms with Gasteiger partial charge in [0.2, 0.25) is 11.8 Å². The molecule has 0 radical (unpaired) electrons. The van der Waals surface area contributed by atoms with Gasteiger partial charge < -0.3 is 41.6 Å². The normalized spacial score (nSPS) is 13.0. The summed E-state index contributed by atoms with van der Waals surface area (Å²) >= 11 is 0. The molecule has 8 bridgehead atoms. The molecule has 16 heteroatoms. The lowest BCUT2D eigenvalue weighted by molar-refractivity contribution is -0.392. The molecule has 4 aromatic heterocycles. The Bertz CT molecular complexity index is 2510. The summed E-state index contributed by atoms with van der Waals surface area (Å²) < 4.78 is 1.42. The second-order valence-corrected chi connectivity index (χ2v) is 14.9. The Morgan fingerprint density at radius 1 is 0.931 bits per heavy atom. The lowest BCUT2D eigenvalue weighted by atomic mass is 10.00. The van der Waals surface area contributed by atoms with Crippen molar-refractivity contribution < 1.29 is 24.4 Å². The zero-order valence-corrected chi connectivity index (χ0v) is 33.5. The summed E-state index contributed by atoms with van der Waals surface area (Å²) in [6.07, 6.45) is 5.51. The number of carbonyl (C=O) groups is 3. The van der Waals surface area contributed by atoms with Gasteiger partial charge in [0, 0.05) is 41.8 Å². The van der Waals surface area contributed by atoms with Crippen molar-refractivity contribution >= 4 is 68.5 Å². The summed E-state index contributed by atoms with van der Waals surface area (Å²) in [4.78, 5) is 70.6. The summed E-state index contributed by atoms with van der Waals surface area (Å²) in [5, 5.41) is 26.8. The van der Waals surface area contributed by atoms with Crippen LogP contribution in [0.4, 0.5) is 5.82 Å². The Balaban J connectivity index is 1.31. The number of aryl methyl sites for hydroxylation is 4. The molecule has 2 aliphatic heterocycles. The van der Waals surface area contributed by atoms with Crippen molar-refractivity contribution in [3.63, 3.8) is 0 Å². The SMILES string of the molecule is CC1=Cc2cc3[nH]c(cc4nc(cc5[nH]c(cc1n2)c(C)c5CCC(=O)O)C(CCC(=O)NC(CCCCN)C(=O)NCCn1c([N+](=O)[O-])cnc1C)=C4C)cc3C. The number of carbonyl (C=O) groups excluding carboxylic acids is 2. The smallest absolute Gasteiger partial charge is 0.342 e. The van der Waals surface area contributed by atoms with E-state index in [0.29, 0.717) is 50.2 Å². The lowest BCUT2D eigenvalue weighted by Gasteiger charge is -2.18. The number of unbranched alkanes of at least 4 members (excludes halogenated alkanes) is 1. The monoisotopic (exact) mass is 790 g/mol. The van der Waals surface area contributed by atoms with Crippen molar-refractivity contribution in [2.45, 2.75) is 92.2 Å². The molecule has 0 aromatic carbocycles. The van der Waals surface area contributed by atoms with Gasteiger partial charge in [0.1, 0.15) is 18.8 Å². The quantitative estimate of drug-likeness (QED) is 0.0435. The second kappa shape index (κ2) is 17.8. The predicted octanol–water partition coefficient (Wildman–Crippen LogP) is 6.06. The van der Waals surface area contributed by atoms with Gasteiger partial charge in [-0.1, -0.05) is 0 Å². The molecule has 1 unspecified atom stereocenters. The highest BCUT2D eigenvalue weighted by molar-refractivity contribution is 5.95. The lowest BCUT2D eigenvalue weighted by Crippen LogP contribution is -2.47. The minimum atomic E-state index is -0.900. The predicted molar refractivity (Wildman–Crippen MR) is 223 cm³/mol. The van der Waals surface area contributed by atoms with Crippen LogP contribution >= 0.6 is 0 Å². The van der Waals surface area contributed by atoms with E-state index in [2.05, 4.69) is 31.7 Å². The fraction of sp³-hybridized carbons (Fsp3) is 0.381. The van der Waals surface area contributed by atoms with Crippen LogP contribution < -0.4 is 16.4 Å². The molecule has 0 fully saturated rings. The number of allylic oxidation sites excluding steroid dienone is 3. The molecule has 7 N–H and O–H groups in total. The molecular weight excluding hydrogens is 741 g/mol. The van der Waals surface area contributed by atoms with E-state index < -0.39 is 22.8 Å². The number of carboxylic acids is 1. The maximum absolute atomic E-state index is 13.6. The van der Waals surface area contributed by atoms with E-state index in [-0.39, 0.29) is 37.7 Å². The highest BCUT2D eigenvalue weighted by Crippen LogP contribution is 2.35. The Kier molecular flexibility index (Phi) is 12.6. The van der Waals surface area contributed by atoms with Crippen LogP contribution in [0.15, 0.2) is 36.5 Å². The van der Waals surface area contributed by atoms with Crippen LogP contribution in [0, 0.1) is 30.9 Å². The van der Waals surface area contributed by atoms with Crippen LogP contribution in [0.3, 0.4) is 0 Å². The van der Waals surface area contributed by atoms with Crippen molar-refractivity contribution in [1.82, 2.24) is 40.1 Å². The number of imidazole rings is 1. The average Bonchev–Trinajstić information content (AvgIpc) is 3.95. The van der Waals surface area contributed by atoms with Crippen LogP contribution in [-0.2, 0) is 27.3 Å². The molecule has 0 saturated heterocycles. The maximum Gasteiger partial charge on any atom is 0.342 e. The molecule has 58 heavy (non-hydrogen) atoms. The standard InChI is InChI=1S/C42H50N10O6/c1-23-16-29-19-35-25(3)30(9-11-39(53)50-32(8-6-7-13-43)42(56)44-14-15-51-27(5)45-22-40(51)52(57)58)37(48-35)21-38-31(10-12-41(54)55)26(4)36(49-38)20-34-24(2)17-28(47-34)18-33(23)46-29/h16-22,32,46,49H,6-15,43H2,1-5H3,(H,44,56)(H,50,53)(H,54,55). The molecule has 0 aliphatic carbocycles. The molecule has 0 saturated carbocycles. The highest BCUT2D eigenvalue weighted by Gasteiger charge is 2.24. The highest BCUT2D eigenvalue weighted by atomic mass is 16.6. The van der Waals surface area contributed by atoms with Gasteiger partial charge in [0.15, 0.2) is 5.82 Å². The largest absolute Gasteiger partial charge is 0.481 e. The summed E-state index contributed by atoms with van der Waals surface area (Å²) in [6.45, 7) is 10.3. The number of aromatic nitrogens is 6. The first-order chi connectivity index (χ1) is 27.7. The van der Waals surface area contributed by atoms with Gasteiger partial charge in [0.05, 0.1) is 29.3 Å². The van der Waals surface area contributed by atoms with Gasteiger partial charge in [-0.2, -0.15) is 0 Å². The number of rotatable bonds is 16. The number of hydrogen-bond donors (Lipinski definition) is 6. The van der Waals surface area contributed by atoms with E-state index in [1.165, 1.54) is 10.8 Å². The third-order valence-corrected chi connectivity index (χ3v) is 10.7. The van der Waals surface area contributed by atoms with Crippen molar-refractivity contribution in [3.8, 4) is 0 Å². The van der Waals surface area contributed by atoms with Crippen molar-refractivity contribution in [3.05, 3.63) is 91.9 Å². The Morgan fingerprint density at radius 2 is 1.71 bits per heavy atom. The van der Waals surface area contributed by atoms with Gasteiger partial charge in [-0.15, -0.1) is 0 Å². The molecule has 6 rings (SSSR count). The Hall–Kier alpha value is -6.42. The van der Waals surface area contributed by atoms with Crippen molar-refractivity contribution in [2.24, 2.45) is 5.73 Å². The molecular formula is C42H50N10O6. The van der Waals surface area contributed by atoms with Gasteiger partial charge in [-0.05, 0) is 141 Å². The first-order valence-electron chi connectivity index (χ1n) is 19.5. The molecule has 1 atom stereocenters. The number of fused-ring (bicyclic) bond motifs is 8. The zero-order valence-electron chi connectivity index (χ0n) is 33.5. The van der Waals surface area contributed by atoms with Crippen LogP contribution in [0.25, 0.3) is 44.9 Å².